The van der Waals surface area contributed by atoms with Crippen LogP contribution in [0.1, 0.15) is 18.5 Å². The predicted molar refractivity (Wildman–Crippen MR) is 75.1 cm³/mol. The summed E-state index contributed by atoms with van der Waals surface area (Å²) in [7, 11) is -1.19. The second-order valence-corrected chi connectivity index (χ2v) is 7.23. The first-order valence-electron chi connectivity index (χ1n) is 6.09. The van der Waals surface area contributed by atoms with Crippen LogP contribution in [0.2, 0.25) is 0 Å². The van der Waals surface area contributed by atoms with Gasteiger partial charge >= 0.3 is 0 Å². The Hall–Kier alpha value is -0.980. The number of sulfone groups is 1. The fourth-order valence-corrected chi connectivity index (χ4v) is 2.69. The molecule has 4 nitrogen and oxygen atoms in total. The number of hydrogen-bond donors (Lipinski definition) is 1. The first-order chi connectivity index (χ1) is 8.70. The van der Waals surface area contributed by atoms with E-state index in [1.807, 2.05) is 18.9 Å². The molecule has 0 aromatic heterocycles. The summed E-state index contributed by atoms with van der Waals surface area (Å²) in [5, 5.41) is 0. The minimum absolute atomic E-state index is 0.0773. The molecule has 0 spiro atoms. The van der Waals surface area contributed by atoms with E-state index in [0.717, 1.165) is 5.56 Å². The molecule has 2 unspecified atom stereocenters. The summed E-state index contributed by atoms with van der Waals surface area (Å²) in [4.78, 5) is 1.89. The normalized spacial score (nSPS) is 15.5. The van der Waals surface area contributed by atoms with Gasteiger partial charge in [-0.15, -0.1) is 0 Å². The molecule has 0 aliphatic heterocycles. The van der Waals surface area contributed by atoms with Crippen molar-refractivity contribution in [1.82, 2.24) is 4.90 Å². The quantitative estimate of drug-likeness (QED) is 0.854. The zero-order valence-corrected chi connectivity index (χ0v) is 12.3. The summed E-state index contributed by atoms with van der Waals surface area (Å²) in [5.74, 6) is -0.223. The number of likely N-dealkylation sites (N-methyl/N-ethyl adjacent to an activating group) is 1. The lowest BCUT2D eigenvalue weighted by Crippen LogP contribution is -2.39. The van der Waals surface area contributed by atoms with Crippen molar-refractivity contribution in [2.75, 3.05) is 25.6 Å². The van der Waals surface area contributed by atoms with Crippen LogP contribution in [-0.4, -0.2) is 45.0 Å². The van der Waals surface area contributed by atoms with Crippen molar-refractivity contribution >= 4 is 9.84 Å². The van der Waals surface area contributed by atoms with Crippen LogP contribution in [0.25, 0.3) is 0 Å². The third-order valence-corrected chi connectivity index (χ3v) is 3.92. The molecule has 0 aliphatic rings. The Morgan fingerprint density at radius 3 is 2.26 bits per heavy atom. The number of nitrogens with two attached hydrogens (primary N) is 1. The van der Waals surface area contributed by atoms with Gasteiger partial charge in [-0.05, 0) is 31.7 Å². The summed E-state index contributed by atoms with van der Waals surface area (Å²) in [5.41, 5.74) is 6.84. The van der Waals surface area contributed by atoms with Crippen LogP contribution < -0.4 is 5.73 Å². The Morgan fingerprint density at radius 2 is 1.84 bits per heavy atom. The zero-order valence-electron chi connectivity index (χ0n) is 11.5. The highest BCUT2D eigenvalue weighted by molar-refractivity contribution is 7.90. The Morgan fingerprint density at radius 1 is 1.32 bits per heavy atom. The van der Waals surface area contributed by atoms with Crippen LogP contribution in [0.4, 0.5) is 4.39 Å². The molecule has 0 saturated carbocycles. The minimum atomic E-state index is -3.01. The van der Waals surface area contributed by atoms with Crippen LogP contribution in [-0.2, 0) is 9.84 Å². The first kappa shape index (κ1) is 16.1. The highest BCUT2D eigenvalue weighted by Gasteiger charge is 2.21. The van der Waals surface area contributed by atoms with E-state index in [1.165, 1.54) is 18.4 Å². The molecular formula is C13H21FN2O2S. The van der Waals surface area contributed by atoms with Gasteiger partial charge in [0.15, 0.2) is 0 Å². The summed E-state index contributed by atoms with van der Waals surface area (Å²) in [6.07, 6.45) is 1.21. The lowest BCUT2D eigenvalue weighted by molar-refractivity contribution is 0.231. The molecule has 0 bridgehead atoms. The van der Waals surface area contributed by atoms with Gasteiger partial charge in [0.2, 0.25) is 0 Å². The molecule has 1 aromatic carbocycles. The second-order valence-electron chi connectivity index (χ2n) is 4.97. The van der Waals surface area contributed by atoms with E-state index in [0.29, 0.717) is 6.54 Å². The van der Waals surface area contributed by atoms with Gasteiger partial charge in [0.25, 0.3) is 0 Å². The summed E-state index contributed by atoms with van der Waals surface area (Å²) in [6.45, 7) is 2.24. The highest BCUT2D eigenvalue weighted by Crippen LogP contribution is 2.22. The number of benzene rings is 1. The van der Waals surface area contributed by atoms with Gasteiger partial charge in [-0.1, -0.05) is 12.1 Å². The predicted octanol–water partition coefficient (Wildman–Crippen LogP) is 1.19. The maximum Gasteiger partial charge on any atom is 0.148 e. The van der Waals surface area contributed by atoms with Gasteiger partial charge in [0.1, 0.15) is 15.7 Å². The Balaban J connectivity index is 2.85. The van der Waals surface area contributed by atoms with Gasteiger partial charge in [0, 0.05) is 24.9 Å². The topological polar surface area (TPSA) is 63.4 Å². The maximum absolute atomic E-state index is 12.9. The fourth-order valence-electron chi connectivity index (χ4n) is 2.07. The molecule has 0 amide bonds. The van der Waals surface area contributed by atoms with Crippen molar-refractivity contribution in [2.24, 2.45) is 5.73 Å². The molecule has 1 aromatic rings. The first-order valence-corrected chi connectivity index (χ1v) is 8.16. The molecule has 0 fully saturated rings. The molecule has 2 atom stereocenters. The average molecular weight is 288 g/mol. The van der Waals surface area contributed by atoms with Crippen LogP contribution in [0.3, 0.4) is 0 Å². The molecule has 6 heteroatoms. The van der Waals surface area contributed by atoms with E-state index in [4.69, 9.17) is 5.73 Å². The van der Waals surface area contributed by atoms with Crippen LogP contribution in [0.5, 0.6) is 0 Å². The third-order valence-electron chi connectivity index (χ3n) is 3.00. The summed E-state index contributed by atoms with van der Waals surface area (Å²) in [6, 6.07) is 5.81. The number of nitrogens with zero attached hydrogens (tertiary/aromatic N) is 1. The van der Waals surface area contributed by atoms with Crippen molar-refractivity contribution in [2.45, 2.75) is 19.0 Å². The number of hydrogen-bond acceptors (Lipinski definition) is 4. The molecule has 108 valence electrons. The molecule has 0 radical (unpaired) electrons. The summed E-state index contributed by atoms with van der Waals surface area (Å²) < 4.78 is 35.3. The molecular weight excluding hydrogens is 267 g/mol. The van der Waals surface area contributed by atoms with Gasteiger partial charge in [-0.2, -0.15) is 0 Å². The standard InChI is InChI=1S/C13H21FN2O2S/c1-10(15)13(11-4-6-12(14)7-5-11)16(2)8-9-19(3,17)18/h4-7,10,13H,8-9,15H2,1-3H3. The largest absolute Gasteiger partial charge is 0.326 e. The molecule has 0 aliphatic carbocycles. The molecule has 19 heavy (non-hydrogen) atoms. The van der Waals surface area contributed by atoms with Crippen molar-refractivity contribution in [3.63, 3.8) is 0 Å². The lowest BCUT2D eigenvalue weighted by atomic mass is 10.00. The lowest BCUT2D eigenvalue weighted by Gasteiger charge is -2.31. The molecule has 2 N–H and O–H groups in total. The van der Waals surface area contributed by atoms with Crippen LogP contribution in [0, 0.1) is 5.82 Å². The maximum atomic E-state index is 12.9. The monoisotopic (exact) mass is 288 g/mol. The Kier molecular flexibility index (Phi) is 5.46. The van der Waals surface area contributed by atoms with Crippen LogP contribution in [0.15, 0.2) is 24.3 Å². The van der Waals surface area contributed by atoms with Gasteiger partial charge < -0.3 is 5.73 Å². The van der Waals surface area contributed by atoms with Crippen LogP contribution >= 0.6 is 0 Å². The van der Waals surface area contributed by atoms with E-state index >= 15 is 0 Å². The van der Waals surface area contributed by atoms with E-state index in [-0.39, 0.29) is 23.7 Å². The van der Waals surface area contributed by atoms with Crippen molar-refractivity contribution in [1.29, 1.82) is 0 Å². The number of rotatable bonds is 6. The minimum Gasteiger partial charge on any atom is -0.326 e. The average Bonchev–Trinajstić information content (AvgIpc) is 2.28. The molecule has 1 rings (SSSR count). The van der Waals surface area contributed by atoms with E-state index in [9.17, 15) is 12.8 Å². The highest BCUT2D eigenvalue weighted by atomic mass is 32.2. The van der Waals surface area contributed by atoms with Gasteiger partial charge in [-0.3, -0.25) is 4.90 Å². The van der Waals surface area contributed by atoms with Crippen molar-refractivity contribution < 1.29 is 12.8 Å². The smallest absolute Gasteiger partial charge is 0.148 e. The second kappa shape index (κ2) is 6.45. The SMILES string of the molecule is CC(N)C(c1ccc(F)cc1)N(C)CCS(C)(=O)=O. The number of halogens is 1. The zero-order chi connectivity index (χ0) is 14.6. The Labute approximate surface area is 114 Å². The van der Waals surface area contributed by atoms with E-state index < -0.39 is 9.84 Å². The van der Waals surface area contributed by atoms with Gasteiger partial charge in [0.05, 0.1) is 5.75 Å². The summed E-state index contributed by atoms with van der Waals surface area (Å²) >= 11 is 0. The fraction of sp³-hybridized carbons (Fsp3) is 0.538. The molecule has 0 heterocycles. The van der Waals surface area contributed by atoms with E-state index in [2.05, 4.69) is 0 Å². The van der Waals surface area contributed by atoms with Crippen molar-refractivity contribution in [3.05, 3.63) is 35.6 Å². The van der Waals surface area contributed by atoms with E-state index in [1.54, 1.807) is 12.1 Å². The van der Waals surface area contributed by atoms with Gasteiger partial charge in [-0.25, -0.2) is 12.8 Å². The van der Waals surface area contributed by atoms with Crippen molar-refractivity contribution in [3.8, 4) is 0 Å². The molecule has 0 saturated heterocycles. The Bertz CT molecular complexity index is 500. The third kappa shape index (κ3) is 5.26.